The summed E-state index contributed by atoms with van der Waals surface area (Å²) >= 11 is 1.33. The molecule has 6 nitrogen and oxygen atoms in total. The number of thiophene rings is 1. The number of rotatable bonds is 5. The minimum absolute atomic E-state index is 0.0345. The van der Waals surface area contributed by atoms with Gasteiger partial charge < -0.3 is 11.2 Å². The van der Waals surface area contributed by atoms with Gasteiger partial charge in [0.2, 0.25) is 5.91 Å². The van der Waals surface area contributed by atoms with E-state index in [1.54, 1.807) is 18.2 Å². The number of pyridine rings is 1. The van der Waals surface area contributed by atoms with E-state index >= 15 is 0 Å². The van der Waals surface area contributed by atoms with Gasteiger partial charge in [0.25, 0.3) is 0 Å². The first-order valence-corrected chi connectivity index (χ1v) is 7.86. The summed E-state index contributed by atoms with van der Waals surface area (Å²) in [4.78, 5) is 28.0. The van der Waals surface area contributed by atoms with Crippen molar-refractivity contribution in [3.05, 3.63) is 40.7 Å². The van der Waals surface area contributed by atoms with E-state index in [1.807, 2.05) is 12.1 Å². The Morgan fingerprint density at radius 2 is 2.26 bits per heavy atom. The van der Waals surface area contributed by atoms with E-state index in [1.165, 1.54) is 16.0 Å². The van der Waals surface area contributed by atoms with Crippen LogP contribution >= 0.6 is 11.3 Å². The summed E-state index contributed by atoms with van der Waals surface area (Å²) in [6, 6.07) is 8.85. The maximum absolute atomic E-state index is 12.8. The molecule has 1 fully saturated rings. The molecule has 1 saturated carbocycles. The van der Waals surface area contributed by atoms with E-state index in [2.05, 4.69) is 10.3 Å². The fraction of sp³-hybridized carbons (Fsp3) is 0.267. The van der Waals surface area contributed by atoms with E-state index in [9.17, 15) is 14.0 Å². The van der Waals surface area contributed by atoms with E-state index in [-0.39, 0.29) is 19.0 Å². The molecule has 2 heterocycles. The third-order valence-electron chi connectivity index (χ3n) is 3.54. The molecular formula is C15H15FN4O2S. The van der Waals surface area contributed by atoms with Crippen LogP contribution in [0.25, 0.3) is 10.6 Å². The van der Waals surface area contributed by atoms with Crippen LogP contribution in [0.5, 0.6) is 0 Å². The normalized spacial score (nSPS) is 20.3. The number of halogens is 1. The lowest BCUT2D eigenvalue weighted by Crippen LogP contribution is -2.32. The molecule has 1 amide bonds. The Hall–Kier alpha value is -2.48. The molecule has 1 aliphatic rings. The van der Waals surface area contributed by atoms with Crippen molar-refractivity contribution in [3.8, 4) is 10.6 Å². The molecule has 2 aromatic heterocycles. The van der Waals surface area contributed by atoms with Gasteiger partial charge in [-0.2, -0.15) is 0 Å². The number of nitrogen functional groups attached to an aromatic ring is 1. The molecule has 8 heteroatoms. The van der Waals surface area contributed by atoms with E-state index in [0.29, 0.717) is 16.1 Å². The largest absolute Gasteiger partial charge is 0.337 e. The maximum Gasteiger partial charge on any atom is 0.227 e. The van der Waals surface area contributed by atoms with Gasteiger partial charge in [0.05, 0.1) is 21.4 Å². The van der Waals surface area contributed by atoms with Crippen LogP contribution in [0.3, 0.4) is 0 Å². The SMILES string of the molecule is Nn1c(-c2ccc(C=O)s2)ccc/c1=N/CNC(=O)[C@H]1C[C@@H]1F. The van der Waals surface area contributed by atoms with Gasteiger partial charge in [0, 0.05) is 0 Å². The molecule has 0 unspecified atom stereocenters. The lowest BCUT2D eigenvalue weighted by Gasteiger charge is -2.07. The van der Waals surface area contributed by atoms with Gasteiger partial charge in [0.1, 0.15) is 18.3 Å². The van der Waals surface area contributed by atoms with Gasteiger partial charge in [-0.15, -0.1) is 11.3 Å². The Morgan fingerprint density at radius 1 is 1.48 bits per heavy atom. The number of nitrogens with two attached hydrogens (primary N) is 1. The second-order valence-corrected chi connectivity index (χ2v) is 6.29. The number of carbonyl (C=O) groups is 2. The summed E-state index contributed by atoms with van der Waals surface area (Å²) in [5.41, 5.74) is 1.18. The number of hydrogen-bond donors (Lipinski definition) is 2. The van der Waals surface area contributed by atoms with Crippen molar-refractivity contribution in [2.24, 2.45) is 10.9 Å². The van der Waals surface area contributed by atoms with Crippen molar-refractivity contribution in [2.45, 2.75) is 12.6 Å². The Balaban J connectivity index is 1.77. The first kappa shape index (κ1) is 15.4. The monoisotopic (exact) mass is 334 g/mol. The molecule has 2 aromatic rings. The minimum Gasteiger partial charge on any atom is -0.337 e. The molecule has 3 N–H and O–H groups in total. The van der Waals surface area contributed by atoms with E-state index < -0.39 is 12.1 Å². The second-order valence-electron chi connectivity index (χ2n) is 5.17. The predicted molar refractivity (Wildman–Crippen MR) is 84.9 cm³/mol. The Labute approximate surface area is 135 Å². The summed E-state index contributed by atoms with van der Waals surface area (Å²) in [5.74, 6) is 5.19. The standard InChI is InChI=1S/C15H15FN4O2S/c16-11-6-10(11)15(22)19-8-18-14-3-1-2-12(20(14)17)13-5-4-9(7-21)23-13/h1-5,7,10-11H,6,8,17H2,(H,19,22)/b18-14-/t10-,11-/m0/s1. The van der Waals surface area contributed by atoms with Crippen molar-refractivity contribution >= 4 is 23.5 Å². The van der Waals surface area contributed by atoms with Crippen LogP contribution < -0.4 is 16.6 Å². The zero-order valence-corrected chi connectivity index (χ0v) is 12.9. The zero-order chi connectivity index (χ0) is 16.4. The Morgan fingerprint density at radius 3 is 2.91 bits per heavy atom. The highest BCUT2D eigenvalue weighted by atomic mass is 32.1. The average molecular weight is 334 g/mol. The van der Waals surface area contributed by atoms with Gasteiger partial charge in [-0.1, -0.05) is 6.07 Å². The van der Waals surface area contributed by atoms with Crippen LogP contribution in [0.2, 0.25) is 0 Å². The third kappa shape index (κ3) is 3.31. The molecule has 0 aromatic carbocycles. The minimum atomic E-state index is -1.02. The molecule has 0 aliphatic heterocycles. The molecule has 0 bridgehead atoms. The number of aldehydes is 1. The molecular weight excluding hydrogens is 319 g/mol. The lowest BCUT2D eigenvalue weighted by molar-refractivity contribution is -0.122. The number of aromatic nitrogens is 1. The smallest absolute Gasteiger partial charge is 0.227 e. The summed E-state index contributed by atoms with van der Waals surface area (Å²) < 4.78 is 14.2. The van der Waals surface area contributed by atoms with Gasteiger partial charge in [0.15, 0.2) is 6.29 Å². The Bertz CT molecular complexity index is 814. The number of nitrogens with zero attached hydrogens (tertiary/aromatic N) is 2. The van der Waals surface area contributed by atoms with Gasteiger partial charge in [-0.25, -0.2) is 14.1 Å². The molecule has 120 valence electrons. The third-order valence-corrected chi connectivity index (χ3v) is 4.58. The fourth-order valence-corrected chi connectivity index (χ4v) is 3.00. The topological polar surface area (TPSA) is 89.5 Å². The number of hydrogen-bond acceptors (Lipinski definition) is 5. The molecule has 1 aliphatic carbocycles. The summed E-state index contributed by atoms with van der Waals surface area (Å²) in [5, 5.41) is 2.56. The highest BCUT2D eigenvalue weighted by Gasteiger charge is 2.43. The quantitative estimate of drug-likeness (QED) is 0.633. The molecule has 0 radical (unpaired) electrons. The highest BCUT2D eigenvalue weighted by molar-refractivity contribution is 7.17. The molecule has 0 spiro atoms. The Kier molecular flexibility index (Phi) is 4.24. The van der Waals surface area contributed by atoms with Crippen LogP contribution in [-0.4, -0.2) is 29.7 Å². The predicted octanol–water partition coefficient (Wildman–Crippen LogP) is 1.08. The first-order valence-electron chi connectivity index (χ1n) is 7.05. The van der Waals surface area contributed by atoms with Crippen LogP contribution in [0, 0.1) is 5.92 Å². The van der Waals surface area contributed by atoms with Crippen molar-refractivity contribution in [2.75, 3.05) is 12.5 Å². The van der Waals surface area contributed by atoms with Gasteiger partial charge >= 0.3 is 0 Å². The van der Waals surface area contributed by atoms with Crippen LogP contribution in [0.1, 0.15) is 16.1 Å². The summed E-state index contributed by atoms with van der Waals surface area (Å²) in [6.45, 7) is 0.0345. The molecule has 3 rings (SSSR count). The van der Waals surface area contributed by atoms with Crippen molar-refractivity contribution in [1.29, 1.82) is 0 Å². The van der Waals surface area contributed by atoms with E-state index in [0.717, 1.165) is 11.2 Å². The average Bonchev–Trinajstić information content (AvgIpc) is 3.10. The van der Waals surface area contributed by atoms with Gasteiger partial charge in [-0.3, -0.25) is 9.59 Å². The number of amides is 1. The molecule has 23 heavy (non-hydrogen) atoms. The van der Waals surface area contributed by atoms with E-state index in [4.69, 9.17) is 5.84 Å². The summed E-state index contributed by atoms with van der Waals surface area (Å²) in [6.07, 6.45) is 0.0494. The van der Waals surface area contributed by atoms with Crippen molar-refractivity contribution < 1.29 is 14.0 Å². The highest BCUT2D eigenvalue weighted by Crippen LogP contribution is 2.33. The number of carbonyl (C=O) groups excluding carboxylic acids is 2. The zero-order valence-electron chi connectivity index (χ0n) is 12.1. The van der Waals surface area contributed by atoms with Crippen LogP contribution in [0.4, 0.5) is 4.39 Å². The van der Waals surface area contributed by atoms with Crippen molar-refractivity contribution in [1.82, 2.24) is 9.99 Å². The number of nitrogens with one attached hydrogen (secondary N) is 1. The molecule has 0 saturated heterocycles. The lowest BCUT2D eigenvalue weighted by atomic mass is 10.3. The summed E-state index contributed by atoms with van der Waals surface area (Å²) in [7, 11) is 0. The van der Waals surface area contributed by atoms with Crippen LogP contribution in [-0.2, 0) is 4.79 Å². The van der Waals surface area contributed by atoms with Gasteiger partial charge in [-0.05, 0) is 30.7 Å². The fourth-order valence-electron chi connectivity index (χ4n) is 2.16. The second kappa shape index (κ2) is 6.33. The molecule has 2 atom stereocenters. The number of alkyl halides is 1. The van der Waals surface area contributed by atoms with Crippen LogP contribution in [0.15, 0.2) is 35.3 Å². The maximum atomic E-state index is 12.8. The van der Waals surface area contributed by atoms with Crippen molar-refractivity contribution in [3.63, 3.8) is 0 Å². The first-order chi connectivity index (χ1) is 11.1.